The minimum atomic E-state index is -0.289. The van der Waals surface area contributed by atoms with E-state index in [2.05, 4.69) is 22.3 Å². The van der Waals surface area contributed by atoms with Crippen molar-refractivity contribution in [2.75, 3.05) is 11.9 Å². The van der Waals surface area contributed by atoms with Gasteiger partial charge >= 0.3 is 0 Å². The molecule has 2 aromatic rings. The molecular formula is C15H15N3O2. The highest BCUT2D eigenvalue weighted by molar-refractivity contribution is 6.05. The van der Waals surface area contributed by atoms with Crippen molar-refractivity contribution in [3.8, 4) is 11.8 Å². The van der Waals surface area contributed by atoms with Gasteiger partial charge in [0.05, 0.1) is 17.8 Å². The number of carbonyl (C=O) groups is 1. The smallest absolute Gasteiger partial charge is 0.259 e. The molecule has 3 N–H and O–H groups in total. The average Bonchev–Trinajstić information content (AvgIpc) is 2.81. The number of aromatic nitrogens is 1. The van der Waals surface area contributed by atoms with Gasteiger partial charge in [-0.2, -0.15) is 0 Å². The summed E-state index contributed by atoms with van der Waals surface area (Å²) in [6, 6.07) is 7.09. The summed E-state index contributed by atoms with van der Waals surface area (Å²) in [6.45, 7) is 3.97. The maximum absolute atomic E-state index is 12.2. The molecule has 1 amide bonds. The Bertz CT molecular complexity index is 693. The fourth-order valence-electron chi connectivity index (χ4n) is 1.71. The van der Waals surface area contributed by atoms with Crippen LogP contribution in [-0.4, -0.2) is 17.6 Å². The number of nitrogens with zero attached hydrogens (tertiary/aromatic N) is 1. The summed E-state index contributed by atoms with van der Waals surface area (Å²) >= 11 is 0. The van der Waals surface area contributed by atoms with Gasteiger partial charge in [0.1, 0.15) is 0 Å². The maximum Gasteiger partial charge on any atom is 0.259 e. The predicted octanol–water partition coefficient (Wildman–Crippen LogP) is 1.85. The van der Waals surface area contributed by atoms with Crippen molar-refractivity contribution < 1.29 is 9.32 Å². The molecule has 1 aromatic heterocycles. The van der Waals surface area contributed by atoms with E-state index < -0.39 is 0 Å². The number of nitrogens with one attached hydrogen (secondary N) is 1. The first-order valence-electron chi connectivity index (χ1n) is 6.14. The monoisotopic (exact) mass is 269 g/mol. The molecule has 102 valence electrons. The lowest BCUT2D eigenvalue weighted by Gasteiger charge is -2.05. The Morgan fingerprint density at radius 2 is 2.20 bits per heavy atom. The molecule has 0 aliphatic rings. The van der Waals surface area contributed by atoms with Crippen molar-refractivity contribution in [1.82, 2.24) is 5.16 Å². The zero-order chi connectivity index (χ0) is 14.5. The van der Waals surface area contributed by atoms with E-state index in [0.29, 0.717) is 22.7 Å². The lowest BCUT2D eigenvalue weighted by molar-refractivity contribution is 0.102. The number of hydrogen-bond donors (Lipinski definition) is 2. The van der Waals surface area contributed by atoms with Crippen LogP contribution in [0.3, 0.4) is 0 Å². The van der Waals surface area contributed by atoms with Crippen LogP contribution in [-0.2, 0) is 0 Å². The van der Waals surface area contributed by atoms with E-state index in [0.717, 1.165) is 5.56 Å². The van der Waals surface area contributed by atoms with Crippen LogP contribution in [0.1, 0.15) is 27.2 Å². The molecule has 0 aliphatic carbocycles. The summed E-state index contributed by atoms with van der Waals surface area (Å²) in [5.74, 6) is 5.68. The quantitative estimate of drug-likeness (QED) is 0.815. The molecule has 0 spiro atoms. The molecule has 1 heterocycles. The highest BCUT2D eigenvalue weighted by Crippen LogP contribution is 2.15. The van der Waals surface area contributed by atoms with E-state index >= 15 is 0 Å². The largest absolute Gasteiger partial charge is 0.338 e. The fraction of sp³-hybridized carbons (Fsp3) is 0.200. The van der Waals surface area contributed by atoms with Gasteiger partial charge in [0, 0.05) is 11.6 Å². The van der Waals surface area contributed by atoms with Crippen LogP contribution in [0.4, 0.5) is 5.88 Å². The van der Waals surface area contributed by atoms with Gasteiger partial charge in [0.15, 0.2) is 0 Å². The molecule has 5 heteroatoms. The molecule has 20 heavy (non-hydrogen) atoms. The first-order valence-corrected chi connectivity index (χ1v) is 6.14. The summed E-state index contributed by atoms with van der Waals surface area (Å²) in [5.41, 5.74) is 8.22. The van der Waals surface area contributed by atoms with Crippen LogP contribution >= 0.6 is 0 Å². The molecule has 0 bridgehead atoms. The predicted molar refractivity (Wildman–Crippen MR) is 76.3 cm³/mol. The molecule has 0 fully saturated rings. The summed E-state index contributed by atoms with van der Waals surface area (Å²) in [4.78, 5) is 12.2. The SMILES string of the molecule is Cc1ccc(C(=O)Nc2cc(C)no2)c(C#CCN)c1. The molecule has 0 radical (unpaired) electrons. The maximum atomic E-state index is 12.2. The standard InChI is InChI=1S/C15H15N3O2/c1-10-5-6-13(12(8-10)4-3-7-16)15(19)17-14-9-11(2)18-20-14/h5-6,8-9H,7,16H2,1-2H3,(H,17,19). The molecule has 1 aromatic carbocycles. The van der Waals surface area contributed by atoms with E-state index in [1.165, 1.54) is 0 Å². The van der Waals surface area contributed by atoms with Gasteiger partial charge in [-0.15, -0.1) is 0 Å². The highest BCUT2D eigenvalue weighted by atomic mass is 16.5. The zero-order valence-corrected chi connectivity index (χ0v) is 11.4. The van der Waals surface area contributed by atoms with Crippen LogP contribution in [0, 0.1) is 25.7 Å². The molecule has 2 rings (SSSR count). The number of aryl methyl sites for hydroxylation is 2. The molecule has 0 atom stereocenters. The third-order valence-electron chi connectivity index (χ3n) is 2.61. The Kier molecular flexibility index (Phi) is 4.18. The van der Waals surface area contributed by atoms with E-state index in [9.17, 15) is 4.79 Å². The first kappa shape index (κ1) is 13.8. The number of anilines is 1. The van der Waals surface area contributed by atoms with E-state index in [-0.39, 0.29) is 12.5 Å². The van der Waals surface area contributed by atoms with Gasteiger partial charge < -0.3 is 10.3 Å². The van der Waals surface area contributed by atoms with Gasteiger partial charge in [0.25, 0.3) is 5.91 Å². The van der Waals surface area contributed by atoms with Crippen molar-refractivity contribution in [1.29, 1.82) is 0 Å². The normalized spacial score (nSPS) is 9.75. The van der Waals surface area contributed by atoms with Crippen molar-refractivity contribution in [2.24, 2.45) is 5.73 Å². The van der Waals surface area contributed by atoms with Gasteiger partial charge in [0.2, 0.25) is 5.88 Å². The molecule has 0 unspecified atom stereocenters. The molecule has 5 nitrogen and oxygen atoms in total. The van der Waals surface area contributed by atoms with Crippen molar-refractivity contribution in [3.05, 3.63) is 46.6 Å². The van der Waals surface area contributed by atoms with Gasteiger partial charge in [-0.25, -0.2) is 0 Å². The lowest BCUT2D eigenvalue weighted by atomic mass is 10.0. The van der Waals surface area contributed by atoms with Crippen molar-refractivity contribution in [3.63, 3.8) is 0 Å². The molecule has 0 aliphatic heterocycles. The number of rotatable bonds is 2. The Hall–Kier alpha value is -2.58. The minimum absolute atomic E-state index is 0.246. The molecule has 0 saturated carbocycles. The Morgan fingerprint density at radius 1 is 1.40 bits per heavy atom. The number of nitrogens with two attached hydrogens (primary N) is 1. The van der Waals surface area contributed by atoms with Crippen LogP contribution < -0.4 is 11.1 Å². The molecule has 0 saturated heterocycles. The first-order chi connectivity index (χ1) is 9.60. The average molecular weight is 269 g/mol. The van der Waals surface area contributed by atoms with Gasteiger partial charge in [-0.3, -0.25) is 10.1 Å². The number of hydrogen-bond acceptors (Lipinski definition) is 4. The topological polar surface area (TPSA) is 81.2 Å². The number of benzene rings is 1. The summed E-state index contributed by atoms with van der Waals surface area (Å²) in [6.07, 6.45) is 0. The zero-order valence-electron chi connectivity index (χ0n) is 11.4. The minimum Gasteiger partial charge on any atom is -0.338 e. The highest BCUT2D eigenvalue weighted by Gasteiger charge is 2.12. The number of carbonyl (C=O) groups excluding carboxylic acids is 1. The second kappa shape index (κ2) is 6.04. The van der Waals surface area contributed by atoms with Crippen LogP contribution in [0.2, 0.25) is 0 Å². The Labute approximate surface area is 117 Å². The summed E-state index contributed by atoms with van der Waals surface area (Å²) in [5, 5.41) is 6.36. The Morgan fingerprint density at radius 3 is 2.85 bits per heavy atom. The van der Waals surface area contributed by atoms with E-state index in [1.54, 1.807) is 19.1 Å². The van der Waals surface area contributed by atoms with Gasteiger partial charge in [-0.1, -0.05) is 23.1 Å². The number of amides is 1. The van der Waals surface area contributed by atoms with Crippen LogP contribution in [0.25, 0.3) is 0 Å². The summed E-state index contributed by atoms with van der Waals surface area (Å²) in [7, 11) is 0. The van der Waals surface area contributed by atoms with Crippen molar-refractivity contribution in [2.45, 2.75) is 13.8 Å². The second-order valence-electron chi connectivity index (χ2n) is 4.34. The third-order valence-corrected chi connectivity index (χ3v) is 2.61. The van der Waals surface area contributed by atoms with Crippen LogP contribution in [0.15, 0.2) is 28.8 Å². The summed E-state index contributed by atoms with van der Waals surface area (Å²) < 4.78 is 4.96. The molecular weight excluding hydrogens is 254 g/mol. The fourth-order valence-corrected chi connectivity index (χ4v) is 1.71. The van der Waals surface area contributed by atoms with Gasteiger partial charge in [-0.05, 0) is 31.5 Å². The van der Waals surface area contributed by atoms with E-state index in [4.69, 9.17) is 10.3 Å². The third kappa shape index (κ3) is 3.25. The Balaban J connectivity index is 2.29. The van der Waals surface area contributed by atoms with E-state index in [1.807, 2.05) is 19.1 Å². The van der Waals surface area contributed by atoms with Crippen LogP contribution in [0.5, 0.6) is 0 Å². The van der Waals surface area contributed by atoms with Crippen molar-refractivity contribution >= 4 is 11.8 Å². The lowest BCUT2D eigenvalue weighted by Crippen LogP contribution is -2.13. The second-order valence-corrected chi connectivity index (χ2v) is 4.34.